The number of aryl methyl sites for hydroxylation is 2. The second-order valence-corrected chi connectivity index (χ2v) is 5.66. The average Bonchev–Trinajstić information content (AvgIpc) is 2.83. The number of halogens is 4. The summed E-state index contributed by atoms with van der Waals surface area (Å²) in [5, 5.41) is 0.319. The minimum absolute atomic E-state index is 0.0371. The van der Waals surface area contributed by atoms with E-state index in [0.29, 0.717) is 10.9 Å². The number of benzene rings is 1. The van der Waals surface area contributed by atoms with E-state index >= 15 is 0 Å². The van der Waals surface area contributed by atoms with Gasteiger partial charge in [0.1, 0.15) is 6.54 Å². The van der Waals surface area contributed by atoms with Gasteiger partial charge < -0.3 is 4.90 Å². The maximum atomic E-state index is 12.5. The van der Waals surface area contributed by atoms with Crippen LogP contribution in [0.1, 0.15) is 27.9 Å². The zero-order valence-corrected chi connectivity index (χ0v) is 12.4. The molecule has 0 fully saturated rings. The average molecular weight is 350 g/mol. The molecule has 6 heteroatoms. The Labute approximate surface area is 124 Å². The first kappa shape index (κ1) is 15.4. The van der Waals surface area contributed by atoms with Gasteiger partial charge >= 0.3 is 6.18 Å². The minimum atomic E-state index is -4.38. The second kappa shape index (κ2) is 6.16. The highest BCUT2D eigenvalue weighted by molar-refractivity contribution is 9.09. The summed E-state index contributed by atoms with van der Waals surface area (Å²) in [6, 6.07) is 5.22. The zero-order chi connectivity index (χ0) is 14.8. The summed E-state index contributed by atoms with van der Waals surface area (Å²) in [7, 11) is 0. The van der Waals surface area contributed by atoms with Crippen LogP contribution in [0, 0.1) is 0 Å². The predicted molar refractivity (Wildman–Crippen MR) is 74.2 cm³/mol. The Morgan fingerprint density at radius 2 is 1.95 bits per heavy atom. The Morgan fingerprint density at radius 3 is 2.60 bits per heavy atom. The lowest BCUT2D eigenvalue weighted by Crippen LogP contribution is -2.40. The quantitative estimate of drug-likeness (QED) is 0.761. The third kappa shape index (κ3) is 3.75. The Kier molecular flexibility index (Phi) is 4.73. The number of carbonyl (C=O) groups excluding carboxylic acids is 1. The molecule has 0 radical (unpaired) electrons. The van der Waals surface area contributed by atoms with Crippen molar-refractivity contribution >= 4 is 21.8 Å². The van der Waals surface area contributed by atoms with Gasteiger partial charge in [0.05, 0.1) is 0 Å². The van der Waals surface area contributed by atoms with Crippen molar-refractivity contribution in [3.05, 3.63) is 34.9 Å². The molecule has 1 aliphatic carbocycles. The summed E-state index contributed by atoms with van der Waals surface area (Å²) in [5.41, 5.74) is 2.63. The molecule has 0 heterocycles. The molecule has 1 aliphatic rings. The predicted octanol–water partition coefficient (Wildman–Crippen LogP) is 3.57. The van der Waals surface area contributed by atoms with Crippen molar-refractivity contribution in [1.82, 2.24) is 4.90 Å². The summed E-state index contributed by atoms with van der Waals surface area (Å²) in [5.74, 6) is -0.559. The summed E-state index contributed by atoms with van der Waals surface area (Å²) in [6.07, 6.45) is -1.46. The highest BCUT2D eigenvalue weighted by atomic mass is 79.9. The van der Waals surface area contributed by atoms with Crippen LogP contribution in [-0.4, -0.2) is 35.4 Å². The molecule has 2 rings (SSSR count). The van der Waals surface area contributed by atoms with Gasteiger partial charge in [0.15, 0.2) is 0 Å². The van der Waals surface area contributed by atoms with Crippen molar-refractivity contribution in [1.29, 1.82) is 0 Å². The monoisotopic (exact) mass is 349 g/mol. The normalized spacial score (nSPS) is 14.2. The molecule has 0 N–H and O–H groups in total. The van der Waals surface area contributed by atoms with Gasteiger partial charge in [0, 0.05) is 17.4 Å². The van der Waals surface area contributed by atoms with Crippen molar-refractivity contribution in [2.75, 3.05) is 18.4 Å². The standard InChI is InChI=1S/C14H15BrF3NO/c15-6-7-19(9-14(16,17)18)13(20)12-5-4-10-2-1-3-11(10)8-12/h4-5,8H,1-3,6-7,9H2. The lowest BCUT2D eigenvalue weighted by molar-refractivity contribution is -0.140. The van der Waals surface area contributed by atoms with Crippen molar-refractivity contribution in [2.24, 2.45) is 0 Å². The van der Waals surface area contributed by atoms with E-state index in [1.54, 1.807) is 12.1 Å². The first-order chi connectivity index (χ1) is 9.40. The van der Waals surface area contributed by atoms with Crippen LogP contribution in [0.3, 0.4) is 0 Å². The third-order valence-electron chi connectivity index (χ3n) is 3.36. The van der Waals surface area contributed by atoms with Crippen LogP contribution in [0.4, 0.5) is 13.2 Å². The van der Waals surface area contributed by atoms with Crippen LogP contribution in [0.5, 0.6) is 0 Å². The molecule has 20 heavy (non-hydrogen) atoms. The fourth-order valence-electron chi connectivity index (χ4n) is 2.46. The largest absolute Gasteiger partial charge is 0.406 e. The zero-order valence-electron chi connectivity index (χ0n) is 10.8. The molecule has 1 aromatic rings. The molecule has 0 atom stereocenters. The van der Waals surface area contributed by atoms with Crippen LogP contribution < -0.4 is 0 Å². The molecule has 0 spiro atoms. The van der Waals surface area contributed by atoms with E-state index in [4.69, 9.17) is 0 Å². The Hall–Kier alpha value is -1.04. The molecule has 0 saturated carbocycles. The number of alkyl halides is 4. The van der Waals surface area contributed by atoms with Gasteiger partial charge in [-0.25, -0.2) is 0 Å². The molecule has 0 bridgehead atoms. The lowest BCUT2D eigenvalue weighted by atomic mass is 10.1. The molecule has 0 saturated heterocycles. The fourth-order valence-corrected chi connectivity index (χ4v) is 2.89. The molecule has 2 nitrogen and oxygen atoms in total. The van der Waals surface area contributed by atoms with Gasteiger partial charge in [0.2, 0.25) is 0 Å². The van der Waals surface area contributed by atoms with Crippen LogP contribution >= 0.6 is 15.9 Å². The first-order valence-corrected chi connectivity index (χ1v) is 7.56. The molecule has 110 valence electrons. The first-order valence-electron chi connectivity index (χ1n) is 6.44. The highest BCUT2D eigenvalue weighted by Crippen LogP contribution is 2.24. The van der Waals surface area contributed by atoms with Crippen molar-refractivity contribution in [3.8, 4) is 0 Å². The van der Waals surface area contributed by atoms with Crippen LogP contribution in [0.25, 0.3) is 0 Å². The van der Waals surface area contributed by atoms with Gasteiger partial charge in [-0.15, -0.1) is 0 Å². The van der Waals surface area contributed by atoms with Gasteiger partial charge in [-0.1, -0.05) is 22.0 Å². The smallest absolute Gasteiger partial charge is 0.329 e. The summed E-state index contributed by atoms with van der Waals surface area (Å²) in [4.78, 5) is 13.1. The van der Waals surface area contributed by atoms with E-state index in [2.05, 4.69) is 15.9 Å². The molecule has 0 aromatic heterocycles. The minimum Gasteiger partial charge on any atom is -0.329 e. The molecule has 0 aliphatic heterocycles. The Bertz CT molecular complexity index is 502. The maximum Gasteiger partial charge on any atom is 0.406 e. The van der Waals surface area contributed by atoms with Gasteiger partial charge in [-0.2, -0.15) is 13.2 Å². The van der Waals surface area contributed by atoms with E-state index in [0.717, 1.165) is 29.7 Å². The van der Waals surface area contributed by atoms with E-state index in [-0.39, 0.29) is 6.54 Å². The molecular formula is C14H15BrF3NO. The second-order valence-electron chi connectivity index (χ2n) is 4.87. The number of hydrogen-bond acceptors (Lipinski definition) is 1. The van der Waals surface area contributed by atoms with E-state index in [1.807, 2.05) is 6.07 Å². The van der Waals surface area contributed by atoms with E-state index < -0.39 is 18.6 Å². The maximum absolute atomic E-state index is 12.5. The number of amides is 1. The molecular weight excluding hydrogens is 335 g/mol. The van der Waals surface area contributed by atoms with Gasteiger partial charge in [0.25, 0.3) is 5.91 Å². The fraction of sp³-hybridized carbons (Fsp3) is 0.500. The topological polar surface area (TPSA) is 20.3 Å². The Morgan fingerprint density at radius 1 is 1.25 bits per heavy atom. The SMILES string of the molecule is O=C(c1ccc2c(c1)CCC2)N(CCBr)CC(F)(F)F. The summed E-state index contributed by atoms with van der Waals surface area (Å²) < 4.78 is 37.5. The molecule has 1 amide bonds. The number of nitrogens with zero attached hydrogens (tertiary/aromatic N) is 1. The van der Waals surface area contributed by atoms with Gasteiger partial charge in [-0.05, 0) is 42.5 Å². The van der Waals surface area contributed by atoms with Crippen molar-refractivity contribution in [3.63, 3.8) is 0 Å². The lowest BCUT2D eigenvalue weighted by Gasteiger charge is -2.23. The highest BCUT2D eigenvalue weighted by Gasteiger charge is 2.33. The van der Waals surface area contributed by atoms with E-state index in [9.17, 15) is 18.0 Å². The van der Waals surface area contributed by atoms with Crippen LogP contribution in [0.2, 0.25) is 0 Å². The molecule has 1 aromatic carbocycles. The number of hydrogen-bond donors (Lipinski definition) is 0. The van der Waals surface area contributed by atoms with Crippen LogP contribution in [0.15, 0.2) is 18.2 Å². The Balaban J connectivity index is 2.18. The number of rotatable bonds is 4. The van der Waals surface area contributed by atoms with Crippen molar-refractivity contribution < 1.29 is 18.0 Å². The summed E-state index contributed by atoms with van der Waals surface area (Å²) in [6.45, 7) is -1.18. The third-order valence-corrected chi connectivity index (χ3v) is 3.71. The number of fused-ring (bicyclic) bond motifs is 1. The number of carbonyl (C=O) groups is 1. The van der Waals surface area contributed by atoms with E-state index in [1.165, 1.54) is 5.56 Å². The molecule has 0 unspecified atom stereocenters. The van der Waals surface area contributed by atoms with Crippen molar-refractivity contribution in [2.45, 2.75) is 25.4 Å². The van der Waals surface area contributed by atoms with Gasteiger partial charge in [-0.3, -0.25) is 4.79 Å². The van der Waals surface area contributed by atoms with Crippen LogP contribution in [-0.2, 0) is 12.8 Å². The summed E-state index contributed by atoms with van der Waals surface area (Å²) >= 11 is 3.09.